The zero-order valence-electron chi connectivity index (χ0n) is 14.7. The van der Waals surface area contributed by atoms with Gasteiger partial charge in [0.2, 0.25) is 0 Å². The number of pyridine rings is 1. The van der Waals surface area contributed by atoms with Gasteiger partial charge in [-0.05, 0) is 31.7 Å². The molecule has 0 radical (unpaired) electrons. The first-order valence-electron chi connectivity index (χ1n) is 8.91. The van der Waals surface area contributed by atoms with Crippen LogP contribution in [0.4, 0.5) is 15.0 Å². The third-order valence-electron chi connectivity index (χ3n) is 4.83. The zero-order valence-corrected chi connectivity index (χ0v) is 15.5. The fourth-order valence-electron chi connectivity index (χ4n) is 3.58. The Bertz CT molecular complexity index is 1030. The molecule has 1 aliphatic rings. The number of aromatic amines is 1. The van der Waals surface area contributed by atoms with Crippen LogP contribution in [0.25, 0.3) is 22.4 Å². The van der Waals surface area contributed by atoms with Crippen LogP contribution in [-0.2, 0) is 0 Å². The van der Waals surface area contributed by atoms with Gasteiger partial charge in [-0.25, -0.2) is 24.1 Å². The monoisotopic (exact) mass is 404 g/mol. The van der Waals surface area contributed by atoms with Crippen molar-refractivity contribution in [3.63, 3.8) is 0 Å². The van der Waals surface area contributed by atoms with Crippen LogP contribution >= 0.6 is 11.6 Å². The fraction of sp³-hybridized carbons (Fsp3) is 0.333. The standard InChI is InChI=1S/C18H18ClFN6O2/c19-9-4-12-13(7-22-15(12)21-6-9)16-23-8-14(20)17(26-16)24-10-2-1-3-11(5-10)25-18(27)28/h4,6-8,10-11,25H,1-3,5H2,(H,21,22)(H,27,28)(H,23,24,26)/t10-,11+/m1/s1. The van der Waals surface area contributed by atoms with Gasteiger partial charge in [-0.2, -0.15) is 0 Å². The van der Waals surface area contributed by atoms with Crippen molar-refractivity contribution in [1.29, 1.82) is 0 Å². The second-order valence-electron chi connectivity index (χ2n) is 6.80. The lowest BCUT2D eigenvalue weighted by atomic mass is 9.91. The Balaban J connectivity index is 1.59. The molecule has 1 fully saturated rings. The molecule has 1 aliphatic carbocycles. The number of nitrogens with one attached hydrogen (secondary N) is 3. The summed E-state index contributed by atoms with van der Waals surface area (Å²) in [5, 5.41) is 15.7. The Labute approximate surface area is 164 Å². The second kappa shape index (κ2) is 7.59. The molecule has 1 amide bonds. The van der Waals surface area contributed by atoms with Gasteiger partial charge < -0.3 is 20.7 Å². The first kappa shape index (κ1) is 18.4. The molecule has 0 saturated heterocycles. The lowest BCUT2D eigenvalue weighted by molar-refractivity contribution is 0.185. The highest BCUT2D eigenvalue weighted by molar-refractivity contribution is 6.31. The Hall–Kier alpha value is -2.94. The summed E-state index contributed by atoms with van der Waals surface area (Å²) < 4.78 is 14.3. The third-order valence-corrected chi connectivity index (χ3v) is 5.03. The van der Waals surface area contributed by atoms with E-state index < -0.39 is 11.9 Å². The van der Waals surface area contributed by atoms with Gasteiger partial charge in [0.15, 0.2) is 17.5 Å². The fourth-order valence-corrected chi connectivity index (χ4v) is 3.74. The van der Waals surface area contributed by atoms with Crippen LogP contribution in [-0.4, -0.2) is 43.2 Å². The lowest BCUT2D eigenvalue weighted by Gasteiger charge is -2.30. The summed E-state index contributed by atoms with van der Waals surface area (Å²) in [6.07, 6.45) is 6.30. The number of carboxylic acid groups (broad SMARTS) is 1. The summed E-state index contributed by atoms with van der Waals surface area (Å²) >= 11 is 6.03. The van der Waals surface area contributed by atoms with E-state index in [2.05, 4.69) is 30.6 Å². The van der Waals surface area contributed by atoms with Crippen molar-refractivity contribution < 1.29 is 14.3 Å². The van der Waals surface area contributed by atoms with E-state index in [1.807, 2.05) is 0 Å². The van der Waals surface area contributed by atoms with Gasteiger partial charge in [0.05, 0.1) is 11.2 Å². The van der Waals surface area contributed by atoms with Crippen molar-refractivity contribution in [3.8, 4) is 11.4 Å². The molecule has 2 atom stereocenters. The number of amides is 1. The minimum atomic E-state index is -1.05. The number of anilines is 1. The third kappa shape index (κ3) is 3.84. The normalized spacial score (nSPS) is 19.5. The highest BCUT2D eigenvalue weighted by Crippen LogP contribution is 2.29. The number of halogens is 2. The molecule has 0 spiro atoms. The predicted octanol–water partition coefficient (Wildman–Crippen LogP) is 3.80. The molecule has 10 heteroatoms. The molecule has 0 bridgehead atoms. The molecule has 8 nitrogen and oxygen atoms in total. The van der Waals surface area contributed by atoms with E-state index in [0.29, 0.717) is 28.5 Å². The van der Waals surface area contributed by atoms with Crippen molar-refractivity contribution >= 4 is 34.5 Å². The Morgan fingerprint density at radius 3 is 2.93 bits per heavy atom. The molecule has 1 saturated carbocycles. The highest BCUT2D eigenvalue weighted by atomic mass is 35.5. The van der Waals surface area contributed by atoms with Crippen LogP contribution in [0.5, 0.6) is 0 Å². The minimum absolute atomic E-state index is 0.0815. The first-order chi connectivity index (χ1) is 13.5. The van der Waals surface area contributed by atoms with E-state index in [1.165, 1.54) is 6.20 Å². The van der Waals surface area contributed by atoms with Crippen LogP contribution < -0.4 is 10.6 Å². The molecule has 0 aliphatic heterocycles. The molecule has 146 valence electrons. The summed E-state index contributed by atoms with van der Waals surface area (Å²) in [6.45, 7) is 0. The second-order valence-corrected chi connectivity index (χ2v) is 7.23. The molecule has 3 aromatic rings. The van der Waals surface area contributed by atoms with Gasteiger partial charge in [0, 0.05) is 35.4 Å². The Morgan fingerprint density at radius 1 is 1.29 bits per heavy atom. The molecule has 0 aromatic carbocycles. The molecule has 3 aromatic heterocycles. The van der Waals surface area contributed by atoms with E-state index in [1.54, 1.807) is 12.3 Å². The highest BCUT2D eigenvalue weighted by Gasteiger charge is 2.24. The quantitative estimate of drug-likeness (QED) is 0.525. The molecule has 4 N–H and O–H groups in total. The van der Waals surface area contributed by atoms with Crippen molar-refractivity contribution in [1.82, 2.24) is 25.3 Å². The van der Waals surface area contributed by atoms with Gasteiger partial charge in [-0.3, -0.25) is 0 Å². The summed E-state index contributed by atoms with van der Waals surface area (Å²) in [5.41, 5.74) is 1.30. The Morgan fingerprint density at radius 2 is 2.11 bits per heavy atom. The van der Waals surface area contributed by atoms with Crippen LogP contribution in [0.1, 0.15) is 25.7 Å². The van der Waals surface area contributed by atoms with Gasteiger partial charge >= 0.3 is 6.09 Å². The minimum Gasteiger partial charge on any atom is -0.465 e. The molecular formula is C18H18ClFN6O2. The van der Waals surface area contributed by atoms with Crippen molar-refractivity contribution in [2.45, 2.75) is 37.8 Å². The number of carbonyl (C=O) groups is 1. The summed E-state index contributed by atoms with van der Waals surface area (Å²) in [6, 6.07) is 1.51. The first-order valence-corrected chi connectivity index (χ1v) is 9.29. The van der Waals surface area contributed by atoms with Gasteiger partial charge in [0.25, 0.3) is 0 Å². The molecule has 28 heavy (non-hydrogen) atoms. The summed E-state index contributed by atoms with van der Waals surface area (Å²) in [7, 11) is 0. The Kier molecular flexibility index (Phi) is 4.99. The van der Waals surface area contributed by atoms with Crippen LogP contribution in [0, 0.1) is 5.82 Å². The molecule has 4 rings (SSSR count). The van der Waals surface area contributed by atoms with E-state index in [9.17, 15) is 9.18 Å². The summed E-state index contributed by atoms with van der Waals surface area (Å²) in [5.74, 6) is -0.126. The topological polar surface area (TPSA) is 116 Å². The van der Waals surface area contributed by atoms with E-state index in [0.717, 1.165) is 30.8 Å². The predicted molar refractivity (Wildman–Crippen MR) is 103 cm³/mol. The van der Waals surface area contributed by atoms with Gasteiger partial charge in [-0.1, -0.05) is 11.6 Å². The van der Waals surface area contributed by atoms with E-state index in [4.69, 9.17) is 16.7 Å². The summed E-state index contributed by atoms with van der Waals surface area (Å²) in [4.78, 5) is 26.5. The number of hydrogen-bond donors (Lipinski definition) is 4. The zero-order chi connectivity index (χ0) is 19.7. The number of rotatable bonds is 4. The number of hydrogen-bond acceptors (Lipinski definition) is 5. The maximum atomic E-state index is 14.3. The number of fused-ring (bicyclic) bond motifs is 1. The molecular weight excluding hydrogens is 387 g/mol. The van der Waals surface area contributed by atoms with Gasteiger partial charge in [0.1, 0.15) is 5.65 Å². The number of nitrogens with zero attached hydrogens (tertiary/aromatic N) is 3. The number of aromatic nitrogens is 4. The SMILES string of the molecule is O=C(O)N[C@H]1CCC[C@@H](Nc2nc(-c3c[nH]c4ncc(Cl)cc34)ncc2F)C1. The molecule has 0 unspecified atom stereocenters. The lowest BCUT2D eigenvalue weighted by Crippen LogP contribution is -2.41. The molecule has 3 heterocycles. The van der Waals surface area contributed by atoms with Crippen molar-refractivity contribution in [3.05, 3.63) is 35.5 Å². The number of H-pyrrole nitrogens is 1. The van der Waals surface area contributed by atoms with Crippen LogP contribution in [0.3, 0.4) is 0 Å². The maximum absolute atomic E-state index is 14.3. The largest absolute Gasteiger partial charge is 0.465 e. The van der Waals surface area contributed by atoms with Crippen molar-refractivity contribution in [2.24, 2.45) is 0 Å². The van der Waals surface area contributed by atoms with E-state index in [-0.39, 0.29) is 17.9 Å². The maximum Gasteiger partial charge on any atom is 0.404 e. The van der Waals surface area contributed by atoms with E-state index >= 15 is 0 Å². The van der Waals surface area contributed by atoms with Crippen LogP contribution in [0.15, 0.2) is 24.7 Å². The average Bonchev–Trinajstić information content (AvgIpc) is 3.06. The average molecular weight is 405 g/mol. The van der Waals surface area contributed by atoms with Crippen LogP contribution in [0.2, 0.25) is 5.02 Å². The van der Waals surface area contributed by atoms with Gasteiger partial charge in [-0.15, -0.1) is 0 Å². The van der Waals surface area contributed by atoms with Crippen molar-refractivity contribution in [2.75, 3.05) is 5.32 Å². The smallest absolute Gasteiger partial charge is 0.404 e.